The molecule has 0 aliphatic carbocycles. The molecule has 2 aromatic carbocycles. The fourth-order valence-electron chi connectivity index (χ4n) is 3.68. The van der Waals surface area contributed by atoms with Gasteiger partial charge in [0.15, 0.2) is 0 Å². The van der Waals surface area contributed by atoms with Crippen LogP contribution in [0.5, 0.6) is 5.75 Å². The van der Waals surface area contributed by atoms with Crippen LogP contribution in [0, 0.1) is 20.8 Å². The average molecular weight is 392 g/mol. The zero-order valence-electron chi connectivity index (χ0n) is 17.8. The second-order valence-corrected chi connectivity index (χ2v) is 7.43. The minimum Gasteiger partial charge on any atom is -0.496 e. The number of carbonyl (C=O) groups excluding carboxylic acids is 1. The third-order valence-electron chi connectivity index (χ3n) is 5.27. The lowest BCUT2D eigenvalue weighted by Crippen LogP contribution is -2.27. The van der Waals surface area contributed by atoms with Gasteiger partial charge in [-0.3, -0.25) is 4.79 Å². The summed E-state index contributed by atoms with van der Waals surface area (Å²) < 4.78 is 7.39. The normalized spacial score (nSPS) is 11.9. The SMILES string of the molecule is COc1ccc(C)cc1[C@H](C)NC(=O)CCc1c(C)nn(-c2ccccc2)c1C. The Morgan fingerprint density at radius 2 is 1.86 bits per heavy atom. The fraction of sp³-hybridized carbons (Fsp3) is 0.333. The van der Waals surface area contributed by atoms with Crippen LogP contribution in [0.15, 0.2) is 48.5 Å². The molecule has 1 atom stereocenters. The monoisotopic (exact) mass is 391 g/mol. The van der Waals surface area contributed by atoms with E-state index in [4.69, 9.17) is 4.74 Å². The van der Waals surface area contributed by atoms with Gasteiger partial charge >= 0.3 is 0 Å². The number of aromatic nitrogens is 2. The van der Waals surface area contributed by atoms with Gasteiger partial charge < -0.3 is 10.1 Å². The highest BCUT2D eigenvalue weighted by Crippen LogP contribution is 2.26. The summed E-state index contributed by atoms with van der Waals surface area (Å²) in [5.41, 5.74) is 6.34. The Kier molecular flexibility index (Phi) is 6.37. The summed E-state index contributed by atoms with van der Waals surface area (Å²) in [6.07, 6.45) is 1.08. The number of ether oxygens (including phenoxy) is 1. The summed E-state index contributed by atoms with van der Waals surface area (Å²) in [5.74, 6) is 0.812. The van der Waals surface area contributed by atoms with E-state index in [1.807, 2.05) is 67.9 Å². The van der Waals surface area contributed by atoms with E-state index in [0.717, 1.165) is 39.5 Å². The van der Waals surface area contributed by atoms with Crippen molar-refractivity contribution in [3.05, 3.63) is 76.6 Å². The average Bonchev–Trinajstić information content (AvgIpc) is 3.00. The van der Waals surface area contributed by atoms with Crippen LogP contribution in [0.4, 0.5) is 0 Å². The highest BCUT2D eigenvalue weighted by atomic mass is 16.5. The maximum absolute atomic E-state index is 12.6. The molecule has 0 radical (unpaired) electrons. The Balaban J connectivity index is 1.67. The van der Waals surface area contributed by atoms with E-state index < -0.39 is 0 Å². The quantitative estimate of drug-likeness (QED) is 0.640. The predicted molar refractivity (Wildman–Crippen MR) is 116 cm³/mol. The number of nitrogens with zero attached hydrogens (tertiary/aromatic N) is 2. The molecular formula is C24H29N3O2. The van der Waals surface area contributed by atoms with E-state index in [9.17, 15) is 4.79 Å². The number of hydrogen-bond acceptors (Lipinski definition) is 3. The van der Waals surface area contributed by atoms with Crippen molar-refractivity contribution in [2.75, 3.05) is 7.11 Å². The number of rotatable bonds is 7. The van der Waals surface area contributed by atoms with Crippen LogP contribution >= 0.6 is 0 Å². The number of aryl methyl sites for hydroxylation is 2. The Bertz CT molecular complexity index is 993. The summed E-state index contributed by atoms with van der Waals surface area (Å²) in [6, 6.07) is 15.9. The Labute approximate surface area is 172 Å². The number of carbonyl (C=O) groups is 1. The van der Waals surface area contributed by atoms with E-state index in [0.29, 0.717) is 12.8 Å². The number of amides is 1. The van der Waals surface area contributed by atoms with Crippen LogP contribution < -0.4 is 10.1 Å². The first-order valence-electron chi connectivity index (χ1n) is 9.95. The Morgan fingerprint density at radius 3 is 2.55 bits per heavy atom. The van der Waals surface area contributed by atoms with Gasteiger partial charge in [-0.2, -0.15) is 5.10 Å². The third-order valence-corrected chi connectivity index (χ3v) is 5.27. The molecule has 0 fully saturated rings. The van der Waals surface area contributed by atoms with Gasteiger partial charge in [-0.05, 0) is 57.9 Å². The van der Waals surface area contributed by atoms with Gasteiger partial charge in [0.05, 0.1) is 24.5 Å². The highest BCUT2D eigenvalue weighted by molar-refractivity contribution is 5.77. The molecule has 0 spiro atoms. The molecule has 5 heteroatoms. The first-order valence-corrected chi connectivity index (χ1v) is 9.95. The molecule has 5 nitrogen and oxygen atoms in total. The maximum Gasteiger partial charge on any atom is 0.220 e. The van der Waals surface area contributed by atoms with Crippen molar-refractivity contribution in [2.45, 2.75) is 46.6 Å². The number of methoxy groups -OCH3 is 1. The molecule has 0 bridgehead atoms. The van der Waals surface area contributed by atoms with Crippen molar-refractivity contribution in [1.82, 2.24) is 15.1 Å². The number of hydrogen-bond donors (Lipinski definition) is 1. The molecule has 1 N–H and O–H groups in total. The summed E-state index contributed by atoms with van der Waals surface area (Å²) in [6.45, 7) is 8.08. The molecule has 1 aromatic heterocycles. The second kappa shape index (κ2) is 8.95. The molecule has 0 aliphatic rings. The van der Waals surface area contributed by atoms with Crippen LogP contribution in [-0.4, -0.2) is 22.8 Å². The smallest absolute Gasteiger partial charge is 0.220 e. The molecule has 29 heavy (non-hydrogen) atoms. The van der Waals surface area contributed by atoms with Crippen molar-refractivity contribution in [2.24, 2.45) is 0 Å². The van der Waals surface area contributed by atoms with Gasteiger partial charge in [-0.1, -0.05) is 35.9 Å². The van der Waals surface area contributed by atoms with Crippen LogP contribution in [0.1, 0.15) is 47.5 Å². The van der Waals surface area contributed by atoms with E-state index in [1.165, 1.54) is 0 Å². The lowest BCUT2D eigenvalue weighted by atomic mass is 10.0. The van der Waals surface area contributed by atoms with Gasteiger partial charge in [0, 0.05) is 17.7 Å². The van der Waals surface area contributed by atoms with Crippen LogP contribution in [0.2, 0.25) is 0 Å². The molecule has 0 saturated carbocycles. The molecule has 3 rings (SSSR count). The lowest BCUT2D eigenvalue weighted by Gasteiger charge is -2.18. The van der Waals surface area contributed by atoms with Gasteiger partial charge in [-0.15, -0.1) is 0 Å². The topological polar surface area (TPSA) is 56.1 Å². The molecule has 0 aliphatic heterocycles. The maximum atomic E-state index is 12.6. The molecule has 152 valence electrons. The summed E-state index contributed by atoms with van der Waals surface area (Å²) in [5, 5.41) is 7.77. The third kappa shape index (κ3) is 4.67. The van der Waals surface area contributed by atoms with Gasteiger partial charge in [0.2, 0.25) is 5.91 Å². The lowest BCUT2D eigenvalue weighted by molar-refractivity contribution is -0.121. The summed E-state index contributed by atoms with van der Waals surface area (Å²) in [7, 11) is 1.65. The van der Waals surface area contributed by atoms with E-state index in [2.05, 4.69) is 23.4 Å². The molecule has 1 amide bonds. The summed E-state index contributed by atoms with van der Waals surface area (Å²) >= 11 is 0. The Morgan fingerprint density at radius 1 is 1.14 bits per heavy atom. The molecule has 3 aromatic rings. The fourth-order valence-corrected chi connectivity index (χ4v) is 3.68. The summed E-state index contributed by atoms with van der Waals surface area (Å²) in [4.78, 5) is 12.6. The van der Waals surface area contributed by atoms with E-state index >= 15 is 0 Å². The molecular weight excluding hydrogens is 362 g/mol. The first kappa shape index (κ1) is 20.6. The van der Waals surface area contributed by atoms with Crippen molar-refractivity contribution in [3.63, 3.8) is 0 Å². The van der Waals surface area contributed by atoms with Gasteiger partial charge in [0.25, 0.3) is 0 Å². The minimum atomic E-state index is -0.119. The van der Waals surface area contributed by atoms with Crippen molar-refractivity contribution >= 4 is 5.91 Å². The zero-order chi connectivity index (χ0) is 21.0. The highest BCUT2D eigenvalue weighted by Gasteiger charge is 2.17. The zero-order valence-corrected chi connectivity index (χ0v) is 17.8. The standard InChI is InChI=1S/C24H29N3O2/c1-16-11-13-23(29-5)22(15-16)17(2)25-24(28)14-12-21-18(3)26-27(19(21)4)20-9-7-6-8-10-20/h6-11,13,15,17H,12,14H2,1-5H3,(H,25,28)/t17-/m0/s1. The van der Waals surface area contributed by atoms with Crippen molar-refractivity contribution < 1.29 is 9.53 Å². The molecule has 0 unspecified atom stereocenters. The van der Waals surface area contributed by atoms with E-state index in [-0.39, 0.29) is 11.9 Å². The van der Waals surface area contributed by atoms with Crippen molar-refractivity contribution in [1.29, 1.82) is 0 Å². The number of para-hydroxylation sites is 1. The van der Waals surface area contributed by atoms with Gasteiger partial charge in [0.1, 0.15) is 5.75 Å². The Hall–Kier alpha value is -3.08. The number of nitrogens with one attached hydrogen (secondary N) is 1. The van der Waals surface area contributed by atoms with Crippen LogP contribution in [0.3, 0.4) is 0 Å². The predicted octanol–water partition coefficient (Wildman–Crippen LogP) is 4.62. The van der Waals surface area contributed by atoms with Gasteiger partial charge in [-0.25, -0.2) is 4.68 Å². The van der Waals surface area contributed by atoms with E-state index in [1.54, 1.807) is 7.11 Å². The van der Waals surface area contributed by atoms with Crippen LogP contribution in [-0.2, 0) is 11.2 Å². The first-order chi connectivity index (χ1) is 13.9. The minimum absolute atomic E-state index is 0.0207. The molecule has 0 saturated heterocycles. The largest absolute Gasteiger partial charge is 0.496 e. The van der Waals surface area contributed by atoms with Crippen molar-refractivity contribution in [3.8, 4) is 11.4 Å². The second-order valence-electron chi connectivity index (χ2n) is 7.43. The molecule has 1 heterocycles. The number of benzene rings is 2. The van der Waals surface area contributed by atoms with Crippen LogP contribution in [0.25, 0.3) is 5.69 Å².